The van der Waals surface area contributed by atoms with E-state index < -0.39 is 0 Å². The molecule has 1 aromatic heterocycles. The summed E-state index contributed by atoms with van der Waals surface area (Å²) in [7, 11) is 0. The minimum atomic E-state index is 0.768. The smallest absolute Gasteiger partial charge is 0.155 e. The van der Waals surface area contributed by atoms with Gasteiger partial charge in [-0.1, -0.05) is 29.4 Å². The first-order valence-corrected chi connectivity index (χ1v) is 8.15. The van der Waals surface area contributed by atoms with E-state index in [2.05, 4.69) is 13.8 Å². The average Bonchev–Trinajstić information content (AvgIpc) is 2.83. The van der Waals surface area contributed by atoms with Crippen molar-refractivity contribution in [2.75, 3.05) is 5.73 Å². The Bertz CT molecular complexity index is 757. The minimum Gasteiger partial charge on any atom is -0.399 e. The Morgan fingerprint density at radius 3 is 2.65 bits per heavy atom. The molecule has 0 fully saturated rings. The summed E-state index contributed by atoms with van der Waals surface area (Å²) >= 11 is 9.54. The zero-order valence-corrected chi connectivity index (χ0v) is 13.5. The van der Waals surface area contributed by atoms with E-state index in [1.165, 1.54) is 4.90 Å². The van der Waals surface area contributed by atoms with Gasteiger partial charge >= 0.3 is 0 Å². The van der Waals surface area contributed by atoms with Gasteiger partial charge in [0.25, 0.3) is 0 Å². The molecule has 3 rings (SSSR count). The summed E-state index contributed by atoms with van der Waals surface area (Å²) in [5.74, 6) is 0. The largest absolute Gasteiger partial charge is 0.399 e. The van der Waals surface area contributed by atoms with Crippen LogP contribution < -0.4 is 5.73 Å². The van der Waals surface area contributed by atoms with E-state index >= 15 is 0 Å². The summed E-state index contributed by atoms with van der Waals surface area (Å²) in [6.45, 7) is 4.12. The van der Waals surface area contributed by atoms with Crippen LogP contribution in [0, 0.1) is 13.8 Å². The van der Waals surface area contributed by atoms with Crippen molar-refractivity contribution in [1.29, 1.82) is 0 Å². The predicted molar refractivity (Wildman–Crippen MR) is 89.1 cm³/mol. The van der Waals surface area contributed by atoms with E-state index in [4.69, 9.17) is 22.3 Å². The van der Waals surface area contributed by atoms with Gasteiger partial charge in [0.1, 0.15) is 0 Å². The topological polar surface area (TPSA) is 38.9 Å². The molecule has 2 nitrogen and oxygen atoms in total. The second kappa shape index (κ2) is 5.28. The van der Waals surface area contributed by atoms with Crippen molar-refractivity contribution >= 4 is 50.6 Å². The Balaban J connectivity index is 2.03. The van der Waals surface area contributed by atoms with Crippen molar-refractivity contribution in [3.63, 3.8) is 0 Å². The maximum atomic E-state index is 6.24. The zero-order valence-electron chi connectivity index (χ0n) is 11.1. The van der Waals surface area contributed by atoms with Crippen molar-refractivity contribution in [3.8, 4) is 0 Å². The van der Waals surface area contributed by atoms with Crippen LogP contribution in [0.5, 0.6) is 0 Å². The standard InChI is InChI=1S/C15H13ClN2S2/c1-8-3-5-11(16)14-13(8)18-15(20-14)19-12-6-4-10(17)7-9(12)2/h3-7H,17H2,1-2H3. The molecule has 0 radical (unpaired) electrons. The third-order valence-corrected chi connectivity index (χ3v) is 5.83. The number of thiazole rings is 1. The molecule has 2 aromatic carbocycles. The molecule has 1 heterocycles. The zero-order chi connectivity index (χ0) is 14.3. The third-order valence-electron chi connectivity index (χ3n) is 3.07. The van der Waals surface area contributed by atoms with Crippen LogP contribution in [0.2, 0.25) is 5.02 Å². The summed E-state index contributed by atoms with van der Waals surface area (Å²) in [5, 5.41) is 0.768. The van der Waals surface area contributed by atoms with Crippen molar-refractivity contribution < 1.29 is 0 Å². The second-order valence-electron chi connectivity index (χ2n) is 4.65. The first kappa shape index (κ1) is 13.7. The van der Waals surface area contributed by atoms with Crippen LogP contribution in [0.3, 0.4) is 0 Å². The number of benzene rings is 2. The van der Waals surface area contributed by atoms with Gasteiger partial charge < -0.3 is 5.73 Å². The molecule has 0 bridgehead atoms. The molecule has 0 amide bonds. The monoisotopic (exact) mass is 320 g/mol. The molecule has 5 heteroatoms. The molecular formula is C15H13ClN2S2. The van der Waals surface area contributed by atoms with Gasteiger partial charge in [-0.05, 0) is 49.2 Å². The molecular weight excluding hydrogens is 308 g/mol. The van der Waals surface area contributed by atoms with Gasteiger partial charge in [0.15, 0.2) is 4.34 Å². The Morgan fingerprint density at radius 1 is 1.15 bits per heavy atom. The Morgan fingerprint density at radius 2 is 1.95 bits per heavy atom. The van der Waals surface area contributed by atoms with Crippen LogP contribution in [0.15, 0.2) is 39.6 Å². The average molecular weight is 321 g/mol. The summed E-state index contributed by atoms with van der Waals surface area (Å²) in [4.78, 5) is 5.87. The first-order chi connectivity index (χ1) is 9.54. The number of halogens is 1. The lowest BCUT2D eigenvalue weighted by atomic mass is 10.2. The highest BCUT2D eigenvalue weighted by Gasteiger charge is 2.11. The molecule has 0 saturated carbocycles. The van der Waals surface area contributed by atoms with E-state index in [1.807, 2.05) is 30.3 Å². The first-order valence-electron chi connectivity index (χ1n) is 6.14. The van der Waals surface area contributed by atoms with E-state index in [-0.39, 0.29) is 0 Å². The van der Waals surface area contributed by atoms with E-state index in [0.29, 0.717) is 0 Å². The van der Waals surface area contributed by atoms with Crippen LogP contribution in [0.1, 0.15) is 11.1 Å². The van der Waals surface area contributed by atoms with Crippen molar-refractivity contribution in [2.45, 2.75) is 23.1 Å². The molecule has 102 valence electrons. The number of aromatic nitrogens is 1. The maximum Gasteiger partial charge on any atom is 0.155 e. The Hall–Kier alpha value is -1.23. The quantitative estimate of drug-likeness (QED) is 0.651. The molecule has 0 unspecified atom stereocenters. The van der Waals surface area contributed by atoms with Crippen molar-refractivity contribution in [2.24, 2.45) is 0 Å². The molecule has 0 aliphatic carbocycles. The van der Waals surface area contributed by atoms with Crippen LogP contribution in [0.25, 0.3) is 10.2 Å². The number of hydrogen-bond donors (Lipinski definition) is 1. The third kappa shape index (κ3) is 2.51. The van der Waals surface area contributed by atoms with Gasteiger partial charge in [0.2, 0.25) is 0 Å². The number of fused-ring (bicyclic) bond motifs is 1. The number of nitrogens with two attached hydrogens (primary N) is 1. The molecule has 0 atom stereocenters. The second-order valence-corrected chi connectivity index (χ2v) is 7.34. The van der Waals surface area contributed by atoms with Gasteiger partial charge in [-0.25, -0.2) is 4.98 Å². The van der Waals surface area contributed by atoms with Gasteiger partial charge in [-0.3, -0.25) is 0 Å². The molecule has 0 spiro atoms. The number of aryl methyl sites for hydroxylation is 2. The van der Waals surface area contributed by atoms with Crippen LogP contribution in [-0.4, -0.2) is 4.98 Å². The molecule has 3 aromatic rings. The lowest BCUT2D eigenvalue weighted by molar-refractivity contribution is 1.25. The SMILES string of the molecule is Cc1cc(N)ccc1Sc1nc2c(C)ccc(Cl)c2s1. The lowest BCUT2D eigenvalue weighted by Gasteiger charge is -2.03. The fourth-order valence-electron chi connectivity index (χ4n) is 2.01. The summed E-state index contributed by atoms with van der Waals surface area (Å²) < 4.78 is 2.06. The van der Waals surface area contributed by atoms with Gasteiger partial charge in [0, 0.05) is 10.6 Å². The van der Waals surface area contributed by atoms with Crippen LogP contribution in [0.4, 0.5) is 5.69 Å². The molecule has 0 aliphatic heterocycles. The molecule has 2 N–H and O–H groups in total. The normalized spacial score (nSPS) is 11.2. The van der Waals surface area contributed by atoms with Crippen LogP contribution >= 0.6 is 34.7 Å². The number of rotatable bonds is 2. The lowest BCUT2D eigenvalue weighted by Crippen LogP contribution is -1.86. The highest BCUT2D eigenvalue weighted by molar-refractivity contribution is 8.01. The number of anilines is 1. The van der Waals surface area contributed by atoms with Gasteiger partial charge in [-0.2, -0.15) is 0 Å². The molecule has 0 saturated heterocycles. The van der Waals surface area contributed by atoms with E-state index in [9.17, 15) is 0 Å². The van der Waals surface area contributed by atoms with Crippen LogP contribution in [-0.2, 0) is 0 Å². The maximum absolute atomic E-state index is 6.24. The highest BCUT2D eigenvalue weighted by atomic mass is 35.5. The minimum absolute atomic E-state index is 0.768. The van der Waals surface area contributed by atoms with E-state index in [0.717, 1.165) is 36.4 Å². The van der Waals surface area contributed by atoms with Gasteiger partial charge in [0.05, 0.1) is 15.2 Å². The molecule has 0 aliphatic rings. The fourth-order valence-corrected chi connectivity index (χ4v) is 4.42. The number of nitrogens with zero attached hydrogens (tertiary/aromatic N) is 1. The van der Waals surface area contributed by atoms with Gasteiger partial charge in [-0.15, -0.1) is 11.3 Å². The van der Waals surface area contributed by atoms with Crippen molar-refractivity contribution in [3.05, 3.63) is 46.5 Å². The Kier molecular flexibility index (Phi) is 3.63. The predicted octanol–water partition coefficient (Wildman–Crippen LogP) is 5.30. The Labute approximate surface area is 131 Å². The molecule has 20 heavy (non-hydrogen) atoms. The van der Waals surface area contributed by atoms with E-state index in [1.54, 1.807) is 23.1 Å². The summed E-state index contributed by atoms with van der Waals surface area (Å²) in [6.07, 6.45) is 0. The fraction of sp³-hybridized carbons (Fsp3) is 0.133. The van der Waals surface area contributed by atoms with Crippen molar-refractivity contribution in [1.82, 2.24) is 4.98 Å². The number of hydrogen-bond acceptors (Lipinski definition) is 4. The summed E-state index contributed by atoms with van der Waals surface area (Å²) in [6, 6.07) is 9.87. The number of nitrogen functional groups attached to an aromatic ring is 1. The highest BCUT2D eigenvalue weighted by Crippen LogP contribution is 2.39. The summed E-state index contributed by atoms with van der Waals surface area (Å²) in [5.41, 5.74) is 9.89.